The third-order valence-corrected chi connectivity index (χ3v) is 2.41. The van der Waals surface area contributed by atoms with Crippen molar-refractivity contribution in [2.45, 2.75) is 13.5 Å². The third-order valence-electron chi connectivity index (χ3n) is 2.18. The van der Waals surface area contributed by atoms with Crippen LogP contribution in [0.2, 0.25) is 5.02 Å². The van der Waals surface area contributed by atoms with Crippen molar-refractivity contribution < 1.29 is 9.63 Å². The Morgan fingerprint density at radius 1 is 1.40 bits per heavy atom. The topological polar surface area (TPSA) is 46.3 Å². The van der Waals surface area contributed by atoms with Gasteiger partial charge in [0.15, 0.2) is 5.76 Å². The Kier molecular flexibility index (Phi) is 2.75. The standard InChI is InChI=1S/C11H10ClNO2/c1-7-4-8(12)2-3-10(7)11-5-9(6-14)15-13-11/h2-5,14H,6H2,1H3. The van der Waals surface area contributed by atoms with Gasteiger partial charge in [-0.25, -0.2) is 0 Å². The molecule has 3 nitrogen and oxygen atoms in total. The zero-order valence-corrected chi connectivity index (χ0v) is 8.95. The molecule has 0 saturated heterocycles. The number of aliphatic hydroxyl groups excluding tert-OH is 1. The molecule has 0 amide bonds. The van der Waals surface area contributed by atoms with Gasteiger partial charge in [0.25, 0.3) is 0 Å². The van der Waals surface area contributed by atoms with Gasteiger partial charge >= 0.3 is 0 Å². The van der Waals surface area contributed by atoms with Crippen molar-refractivity contribution in [3.63, 3.8) is 0 Å². The van der Waals surface area contributed by atoms with Gasteiger partial charge in [-0.2, -0.15) is 0 Å². The fourth-order valence-corrected chi connectivity index (χ4v) is 1.66. The van der Waals surface area contributed by atoms with Gasteiger partial charge in [-0.15, -0.1) is 0 Å². The van der Waals surface area contributed by atoms with E-state index in [2.05, 4.69) is 5.16 Å². The van der Waals surface area contributed by atoms with Gasteiger partial charge in [0.05, 0.1) is 0 Å². The maximum Gasteiger partial charge on any atom is 0.162 e. The summed E-state index contributed by atoms with van der Waals surface area (Å²) >= 11 is 5.85. The van der Waals surface area contributed by atoms with E-state index in [-0.39, 0.29) is 6.61 Å². The molecule has 1 N–H and O–H groups in total. The summed E-state index contributed by atoms with van der Waals surface area (Å²) in [4.78, 5) is 0. The van der Waals surface area contributed by atoms with Crippen molar-refractivity contribution in [1.29, 1.82) is 0 Å². The van der Waals surface area contributed by atoms with Crippen LogP contribution in [0, 0.1) is 6.92 Å². The maximum atomic E-state index is 8.86. The Bertz CT molecular complexity index is 479. The number of halogens is 1. The molecule has 0 aliphatic rings. The molecule has 0 aliphatic carbocycles. The molecule has 0 spiro atoms. The predicted molar refractivity (Wildman–Crippen MR) is 57.6 cm³/mol. The summed E-state index contributed by atoms with van der Waals surface area (Å²) in [6.45, 7) is 1.81. The van der Waals surface area contributed by atoms with Gasteiger partial charge in [0.2, 0.25) is 0 Å². The number of hydrogen-bond donors (Lipinski definition) is 1. The molecule has 78 valence electrons. The second kappa shape index (κ2) is 4.04. The molecule has 1 heterocycles. The molecule has 4 heteroatoms. The van der Waals surface area contributed by atoms with E-state index in [0.29, 0.717) is 16.5 Å². The van der Waals surface area contributed by atoms with Crippen molar-refractivity contribution in [3.05, 3.63) is 40.6 Å². The van der Waals surface area contributed by atoms with Crippen LogP contribution in [-0.2, 0) is 6.61 Å². The molecule has 0 bridgehead atoms. The Labute approximate surface area is 92.3 Å². The van der Waals surface area contributed by atoms with E-state index in [1.807, 2.05) is 19.1 Å². The lowest BCUT2D eigenvalue weighted by Crippen LogP contribution is -1.82. The summed E-state index contributed by atoms with van der Waals surface area (Å²) in [6.07, 6.45) is 0. The van der Waals surface area contributed by atoms with Gasteiger partial charge in [-0.05, 0) is 24.6 Å². The largest absolute Gasteiger partial charge is 0.388 e. The van der Waals surface area contributed by atoms with Gasteiger partial charge in [-0.3, -0.25) is 0 Å². The van der Waals surface area contributed by atoms with E-state index >= 15 is 0 Å². The summed E-state index contributed by atoms with van der Waals surface area (Å²) < 4.78 is 4.92. The van der Waals surface area contributed by atoms with E-state index < -0.39 is 0 Å². The van der Waals surface area contributed by atoms with Gasteiger partial charge < -0.3 is 9.63 Å². The average molecular weight is 224 g/mol. The fourth-order valence-electron chi connectivity index (χ4n) is 1.43. The van der Waals surface area contributed by atoms with Crippen molar-refractivity contribution in [2.24, 2.45) is 0 Å². The number of aliphatic hydroxyl groups is 1. The van der Waals surface area contributed by atoms with Crippen molar-refractivity contribution >= 4 is 11.6 Å². The Balaban J connectivity index is 2.44. The van der Waals surface area contributed by atoms with Crippen LogP contribution in [-0.4, -0.2) is 10.3 Å². The SMILES string of the molecule is Cc1cc(Cl)ccc1-c1cc(CO)on1. The fraction of sp³-hybridized carbons (Fsp3) is 0.182. The van der Waals surface area contributed by atoms with E-state index in [1.54, 1.807) is 12.1 Å². The van der Waals surface area contributed by atoms with Gasteiger partial charge in [0, 0.05) is 16.7 Å². The van der Waals surface area contributed by atoms with Gasteiger partial charge in [-0.1, -0.05) is 22.8 Å². The number of hydrogen-bond acceptors (Lipinski definition) is 3. The van der Waals surface area contributed by atoms with Crippen LogP contribution in [0.4, 0.5) is 0 Å². The zero-order chi connectivity index (χ0) is 10.8. The smallest absolute Gasteiger partial charge is 0.162 e. The molecule has 0 saturated carbocycles. The molecular formula is C11H10ClNO2. The first-order valence-corrected chi connectivity index (χ1v) is 4.91. The van der Waals surface area contributed by atoms with E-state index in [1.165, 1.54) is 0 Å². The number of aromatic nitrogens is 1. The number of rotatable bonds is 2. The maximum absolute atomic E-state index is 8.86. The first-order valence-electron chi connectivity index (χ1n) is 4.53. The van der Waals surface area contributed by atoms with E-state index in [0.717, 1.165) is 11.1 Å². The van der Waals surface area contributed by atoms with Crippen LogP contribution < -0.4 is 0 Å². The molecule has 15 heavy (non-hydrogen) atoms. The van der Waals surface area contributed by atoms with E-state index in [9.17, 15) is 0 Å². The first-order chi connectivity index (χ1) is 7.20. The van der Waals surface area contributed by atoms with Crippen LogP contribution in [0.3, 0.4) is 0 Å². The number of benzene rings is 1. The number of aryl methyl sites for hydroxylation is 1. The summed E-state index contributed by atoms with van der Waals surface area (Å²) in [5, 5.41) is 13.4. The molecular weight excluding hydrogens is 214 g/mol. The highest BCUT2D eigenvalue weighted by Crippen LogP contribution is 2.25. The monoisotopic (exact) mass is 223 g/mol. The minimum Gasteiger partial charge on any atom is -0.388 e. The Hall–Kier alpha value is -1.32. The minimum absolute atomic E-state index is 0.139. The van der Waals surface area contributed by atoms with Crippen LogP contribution >= 0.6 is 11.6 Å². The van der Waals surface area contributed by atoms with Gasteiger partial charge in [0.1, 0.15) is 12.3 Å². The van der Waals surface area contributed by atoms with Crippen LogP contribution in [0.15, 0.2) is 28.8 Å². The quantitative estimate of drug-likeness (QED) is 0.852. The lowest BCUT2D eigenvalue weighted by molar-refractivity contribution is 0.229. The van der Waals surface area contributed by atoms with E-state index in [4.69, 9.17) is 21.2 Å². The summed E-state index contributed by atoms with van der Waals surface area (Å²) in [5.41, 5.74) is 2.70. The van der Waals surface area contributed by atoms with Crippen molar-refractivity contribution in [3.8, 4) is 11.3 Å². The molecule has 2 aromatic rings. The summed E-state index contributed by atoms with van der Waals surface area (Å²) in [7, 11) is 0. The minimum atomic E-state index is -0.139. The molecule has 0 atom stereocenters. The molecule has 0 fully saturated rings. The molecule has 1 aromatic carbocycles. The third kappa shape index (κ3) is 2.03. The normalized spacial score (nSPS) is 10.6. The predicted octanol–water partition coefficient (Wildman–Crippen LogP) is 2.80. The van der Waals surface area contributed by atoms with Crippen LogP contribution in [0.5, 0.6) is 0 Å². The highest BCUT2D eigenvalue weighted by Gasteiger charge is 2.08. The first kappa shape index (κ1) is 10.2. The zero-order valence-electron chi connectivity index (χ0n) is 8.20. The Morgan fingerprint density at radius 3 is 2.80 bits per heavy atom. The molecule has 2 rings (SSSR count). The van der Waals surface area contributed by atoms with Crippen LogP contribution in [0.1, 0.15) is 11.3 Å². The second-order valence-electron chi connectivity index (χ2n) is 3.30. The molecule has 0 unspecified atom stereocenters. The lowest BCUT2D eigenvalue weighted by Gasteiger charge is -2.01. The Morgan fingerprint density at radius 2 is 2.20 bits per heavy atom. The summed E-state index contributed by atoms with van der Waals surface area (Å²) in [6, 6.07) is 7.27. The molecule has 1 aromatic heterocycles. The second-order valence-corrected chi connectivity index (χ2v) is 3.73. The molecule has 0 radical (unpaired) electrons. The summed E-state index contributed by atoms with van der Waals surface area (Å²) in [5.74, 6) is 0.458. The van der Waals surface area contributed by atoms with Crippen LogP contribution in [0.25, 0.3) is 11.3 Å². The average Bonchev–Trinajstić information content (AvgIpc) is 2.66. The van der Waals surface area contributed by atoms with Crippen molar-refractivity contribution in [2.75, 3.05) is 0 Å². The highest BCUT2D eigenvalue weighted by molar-refractivity contribution is 6.30. The van der Waals surface area contributed by atoms with Crippen molar-refractivity contribution in [1.82, 2.24) is 5.16 Å². The molecule has 0 aliphatic heterocycles. The lowest BCUT2D eigenvalue weighted by atomic mass is 10.1. The number of nitrogens with zero attached hydrogens (tertiary/aromatic N) is 1. The highest BCUT2D eigenvalue weighted by atomic mass is 35.5.